The van der Waals surface area contributed by atoms with Crippen LogP contribution in [0.25, 0.3) is 0 Å². The van der Waals surface area contributed by atoms with Crippen LogP contribution in [0.3, 0.4) is 0 Å². The number of hydrogen-bond donors (Lipinski definition) is 1. The van der Waals surface area contributed by atoms with Crippen LogP contribution in [0.1, 0.15) is 29.3 Å². The number of aromatic nitrogens is 1. The molecule has 0 saturated carbocycles. The minimum absolute atomic E-state index is 0.0648. The third-order valence-corrected chi connectivity index (χ3v) is 6.72. The number of nitrogens with one attached hydrogen (secondary N) is 1. The number of sulfonamides is 1. The lowest BCUT2D eigenvalue weighted by atomic mass is 10.2. The van der Waals surface area contributed by atoms with Crippen molar-refractivity contribution in [1.82, 2.24) is 10.3 Å². The number of para-hydroxylation sites is 2. The van der Waals surface area contributed by atoms with Crippen LogP contribution in [0.15, 0.2) is 71.8 Å². The topological polar surface area (TPSA) is 97.8 Å². The molecule has 0 spiro atoms. The first-order chi connectivity index (χ1) is 15.9. The Bertz CT molecular complexity index is 1200. The normalized spacial score (nSPS) is 11.0. The van der Waals surface area contributed by atoms with Crippen molar-refractivity contribution in [2.75, 3.05) is 25.1 Å². The van der Waals surface area contributed by atoms with Crippen molar-refractivity contribution in [3.63, 3.8) is 0 Å². The molecule has 2 aromatic carbocycles. The smallest absolute Gasteiger partial charge is 0.264 e. The van der Waals surface area contributed by atoms with Crippen molar-refractivity contribution in [1.29, 1.82) is 0 Å². The van der Waals surface area contributed by atoms with Crippen LogP contribution >= 0.6 is 0 Å². The van der Waals surface area contributed by atoms with Gasteiger partial charge in [-0.3, -0.25) is 9.10 Å². The zero-order chi connectivity index (χ0) is 23.8. The molecule has 9 heteroatoms. The highest BCUT2D eigenvalue weighted by Crippen LogP contribution is 2.30. The molecule has 8 nitrogen and oxygen atoms in total. The Morgan fingerprint density at radius 1 is 1.06 bits per heavy atom. The van der Waals surface area contributed by atoms with Crippen LogP contribution in [0.2, 0.25) is 0 Å². The molecule has 1 heterocycles. The molecule has 1 amide bonds. The second-order valence-electron chi connectivity index (χ2n) is 7.17. The van der Waals surface area contributed by atoms with Crippen LogP contribution < -0.4 is 19.1 Å². The van der Waals surface area contributed by atoms with E-state index in [1.165, 1.54) is 38.4 Å². The summed E-state index contributed by atoms with van der Waals surface area (Å²) in [6, 6.07) is 16.3. The molecule has 0 bridgehead atoms. The molecule has 0 aliphatic carbocycles. The van der Waals surface area contributed by atoms with Gasteiger partial charge in [0.15, 0.2) is 0 Å². The van der Waals surface area contributed by atoms with Gasteiger partial charge in [-0.15, -0.1) is 0 Å². The molecule has 0 atom stereocenters. The van der Waals surface area contributed by atoms with E-state index in [0.717, 1.165) is 16.3 Å². The van der Waals surface area contributed by atoms with Gasteiger partial charge in [0.1, 0.15) is 5.75 Å². The zero-order valence-corrected chi connectivity index (χ0v) is 19.6. The molecule has 3 rings (SSSR count). The summed E-state index contributed by atoms with van der Waals surface area (Å²) in [5, 5.41) is 2.82. The Morgan fingerprint density at radius 2 is 1.79 bits per heavy atom. The van der Waals surface area contributed by atoms with Crippen LogP contribution in [-0.2, 0) is 16.6 Å². The molecular weight excluding hydrogens is 442 g/mol. The molecule has 0 aliphatic heterocycles. The van der Waals surface area contributed by atoms with Gasteiger partial charge >= 0.3 is 0 Å². The van der Waals surface area contributed by atoms with E-state index in [0.29, 0.717) is 29.5 Å². The van der Waals surface area contributed by atoms with E-state index in [1.54, 1.807) is 36.5 Å². The second-order valence-corrected chi connectivity index (χ2v) is 9.14. The number of pyridine rings is 1. The van der Waals surface area contributed by atoms with Gasteiger partial charge in [0.25, 0.3) is 15.9 Å². The van der Waals surface area contributed by atoms with Crippen LogP contribution in [0.4, 0.5) is 5.69 Å². The predicted molar refractivity (Wildman–Crippen MR) is 126 cm³/mol. The average molecular weight is 470 g/mol. The third kappa shape index (κ3) is 5.61. The first-order valence-electron chi connectivity index (χ1n) is 10.5. The molecule has 0 saturated heterocycles. The highest BCUT2D eigenvalue weighted by molar-refractivity contribution is 7.92. The average Bonchev–Trinajstić information content (AvgIpc) is 2.86. The molecule has 1 N–H and O–H groups in total. The Morgan fingerprint density at radius 3 is 2.48 bits per heavy atom. The van der Waals surface area contributed by atoms with Gasteiger partial charge in [0.2, 0.25) is 5.88 Å². The number of rotatable bonds is 10. The fourth-order valence-electron chi connectivity index (χ4n) is 3.12. The van der Waals surface area contributed by atoms with Gasteiger partial charge in [0.05, 0.1) is 24.3 Å². The lowest BCUT2D eigenvalue weighted by Gasteiger charge is -2.21. The number of ether oxygens (including phenoxy) is 2. The van der Waals surface area contributed by atoms with Crippen molar-refractivity contribution < 1.29 is 22.7 Å². The summed E-state index contributed by atoms with van der Waals surface area (Å²) in [4.78, 5) is 16.9. The standard InChI is InChI=1S/C24H27N3O5S/c1-4-16-32-24-19(8-7-15-25-24)17-26-23(28)18-11-13-20(14-12-18)33(29,30)27(2)21-9-5-6-10-22(21)31-3/h5-15H,4,16-17H2,1-3H3,(H,26,28). The summed E-state index contributed by atoms with van der Waals surface area (Å²) in [5.41, 5.74) is 1.52. The molecule has 0 fully saturated rings. The second kappa shape index (κ2) is 10.8. The number of carbonyl (C=O) groups is 1. The largest absolute Gasteiger partial charge is 0.495 e. The highest BCUT2D eigenvalue weighted by atomic mass is 32.2. The van der Waals surface area contributed by atoms with E-state index < -0.39 is 10.0 Å². The molecule has 33 heavy (non-hydrogen) atoms. The summed E-state index contributed by atoms with van der Waals surface area (Å²) >= 11 is 0. The van der Waals surface area contributed by atoms with Crippen LogP contribution in [-0.4, -0.2) is 40.1 Å². The van der Waals surface area contributed by atoms with Gasteiger partial charge in [-0.05, 0) is 48.9 Å². The number of nitrogens with zero attached hydrogens (tertiary/aromatic N) is 2. The van der Waals surface area contributed by atoms with Crippen molar-refractivity contribution >= 4 is 21.6 Å². The quantitative estimate of drug-likeness (QED) is 0.487. The summed E-state index contributed by atoms with van der Waals surface area (Å²) in [6.07, 6.45) is 2.49. The maximum Gasteiger partial charge on any atom is 0.264 e. The number of benzene rings is 2. The Balaban J connectivity index is 1.71. The summed E-state index contributed by atoms with van der Waals surface area (Å²) < 4.78 is 38.2. The molecule has 0 unspecified atom stereocenters. The third-order valence-electron chi connectivity index (χ3n) is 4.93. The van der Waals surface area contributed by atoms with E-state index in [1.807, 2.05) is 13.0 Å². The van der Waals surface area contributed by atoms with Crippen molar-refractivity contribution in [2.24, 2.45) is 0 Å². The summed E-state index contributed by atoms with van der Waals surface area (Å²) in [5.74, 6) is 0.597. The Labute approximate surface area is 194 Å². The Hall–Kier alpha value is -3.59. The molecule has 1 aromatic heterocycles. The number of carbonyl (C=O) groups excluding carboxylic acids is 1. The van der Waals surface area contributed by atoms with E-state index in [-0.39, 0.29) is 17.3 Å². The van der Waals surface area contributed by atoms with Gasteiger partial charge in [-0.2, -0.15) is 0 Å². The van der Waals surface area contributed by atoms with Gasteiger partial charge in [0, 0.05) is 30.9 Å². The molecule has 0 radical (unpaired) electrons. The number of amides is 1. The summed E-state index contributed by atoms with van der Waals surface area (Å²) in [6.45, 7) is 2.78. The SMILES string of the molecule is CCCOc1ncccc1CNC(=O)c1ccc(S(=O)(=O)N(C)c2ccccc2OC)cc1. The minimum atomic E-state index is -3.84. The van der Waals surface area contributed by atoms with Crippen LogP contribution in [0, 0.1) is 0 Å². The van der Waals surface area contributed by atoms with Gasteiger partial charge in [-0.1, -0.05) is 25.1 Å². The van der Waals surface area contributed by atoms with E-state index in [2.05, 4.69) is 10.3 Å². The first kappa shape index (κ1) is 24.1. The molecule has 174 valence electrons. The fourth-order valence-corrected chi connectivity index (χ4v) is 4.33. The van der Waals surface area contributed by atoms with Crippen molar-refractivity contribution in [2.45, 2.75) is 24.8 Å². The number of methoxy groups -OCH3 is 1. The zero-order valence-electron chi connectivity index (χ0n) is 18.8. The number of hydrogen-bond acceptors (Lipinski definition) is 6. The number of anilines is 1. The lowest BCUT2D eigenvalue weighted by molar-refractivity contribution is 0.0950. The van der Waals surface area contributed by atoms with Crippen LogP contribution in [0.5, 0.6) is 11.6 Å². The Kier molecular flexibility index (Phi) is 7.89. The minimum Gasteiger partial charge on any atom is -0.495 e. The maximum atomic E-state index is 13.1. The van der Waals surface area contributed by atoms with Gasteiger partial charge < -0.3 is 14.8 Å². The molecular formula is C24H27N3O5S. The molecule has 3 aromatic rings. The maximum absolute atomic E-state index is 13.1. The van der Waals surface area contributed by atoms with Crippen molar-refractivity contribution in [3.05, 3.63) is 78.0 Å². The lowest BCUT2D eigenvalue weighted by Crippen LogP contribution is -2.27. The highest BCUT2D eigenvalue weighted by Gasteiger charge is 2.24. The fraction of sp³-hybridized carbons (Fsp3) is 0.250. The molecule has 0 aliphatic rings. The predicted octanol–water partition coefficient (Wildman–Crippen LogP) is 3.63. The van der Waals surface area contributed by atoms with Gasteiger partial charge in [-0.25, -0.2) is 13.4 Å². The monoisotopic (exact) mass is 469 g/mol. The van der Waals surface area contributed by atoms with E-state index in [9.17, 15) is 13.2 Å². The van der Waals surface area contributed by atoms with Crippen molar-refractivity contribution in [3.8, 4) is 11.6 Å². The first-order valence-corrected chi connectivity index (χ1v) is 11.9. The van der Waals surface area contributed by atoms with E-state index >= 15 is 0 Å². The summed E-state index contributed by atoms with van der Waals surface area (Å²) in [7, 11) is -0.899. The van der Waals surface area contributed by atoms with E-state index in [4.69, 9.17) is 9.47 Å².